The number of nitrogens with zero attached hydrogens (tertiary/aromatic N) is 3. The largest absolute Gasteiger partial charge is 0.296 e. The van der Waals surface area contributed by atoms with Crippen LogP contribution in [0.5, 0.6) is 0 Å². The Balaban J connectivity index is 2.00. The highest BCUT2D eigenvalue weighted by Crippen LogP contribution is 2.29. The maximum absolute atomic E-state index is 13.1. The average Bonchev–Trinajstić information content (AvgIpc) is 3.25. The molecule has 0 aliphatic carbocycles. The molecule has 2 heterocycles. The summed E-state index contributed by atoms with van der Waals surface area (Å²) in [7, 11) is -2.08. The lowest BCUT2D eigenvalue weighted by Gasteiger charge is -2.10. The standard InChI is InChI=1S/C19H15N3O3S/c1-21-12-16(11-20-21)14-7-8-15-9-17(13-23)22(19(15)10-14)26(24,25)18-5-3-2-4-6-18/h2-13H,1H3. The van der Waals surface area contributed by atoms with Gasteiger partial charge in [-0.05, 0) is 29.8 Å². The molecule has 0 amide bonds. The lowest BCUT2D eigenvalue weighted by molar-refractivity contribution is 0.111. The summed E-state index contributed by atoms with van der Waals surface area (Å²) >= 11 is 0. The Morgan fingerprint density at radius 3 is 2.42 bits per heavy atom. The van der Waals surface area contributed by atoms with Crippen LogP contribution in [-0.4, -0.2) is 28.5 Å². The third-order valence-electron chi connectivity index (χ3n) is 4.23. The SMILES string of the molecule is Cn1cc(-c2ccc3cc(C=O)n(S(=O)(=O)c4ccccc4)c3c2)cn1. The van der Waals surface area contributed by atoms with Gasteiger partial charge in [-0.2, -0.15) is 5.10 Å². The van der Waals surface area contributed by atoms with Gasteiger partial charge in [0.25, 0.3) is 10.0 Å². The van der Waals surface area contributed by atoms with E-state index in [1.54, 1.807) is 41.2 Å². The van der Waals surface area contributed by atoms with Crippen LogP contribution >= 0.6 is 0 Å². The van der Waals surface area contributed by atoms with Crippen LogP contribution in [0.4, 0.5) is 0 Å². The van der Waals surface area contributed by atoms with E-state index in [9.17, 15) is 13.2 Å². The zero-order valence-electron chi connectivity index (χ0n) is 13.9. The van der Waals surface area contributed by atoms with E-state index in [1.807, 2.05) is 25.4 Å². The van der Waals surface area contributed by atoms with Crippen LogP contribution < -0.4 is 0 Å². The summed E-state index contributed by atoms with van der Waals surface area (Å²) < 4.78 is 29.0. The minimum absolute atomic E-state index is 0.0900. The van der Waals surface area contributed by atoms with E-state index < -0.39 is 10.0 Å². The molecular weight excluding hydrogens is 350 g/mol. The molecule has 0 radical (unpaired) electrons. The monoisotopic (exact) mass is 365 g/mol. The molecule has 0 aliphatic rings. The van der Waals surface area contributed by atoms with E-state index in [2.05, 4.69) is 5.10 Å². The fourth-order valence-corrected chi connectivity index (χ4v) is 4.50. The molecule has 0 saturated carbocycles. The number of benzene rings is 2. The van der Waals surface area contributed by atoms with Gasteiger partial charge in [0.15, 0.2) is 6.29 Å². The predicted octanol–water partition coefficient (Wildman–Crippen LogP) is 3.09. The Morgan fingerprint density at radius 2 is 1.77 bits per heavy atom. The van der Waals surface area contributed by atoms with Gasteiger partial charge in [-0.1, -0.05) is 30.3 Å². The van der Waals surface area contributed by atoms with Crippen LogP contribution in [0.1, 0.15) is 10.5 Å². The van der Waals surface area contributed by atoms with Crippen molar-refractivity contribution in [1.29, 1.82) is 0 Å². The van der Waals surface area contributed by atoms with Crippen LogP contribution in [0, 0.1) is 0 Å². The fraction of sp³-hybridized carbons (Fsp3) is 0.0526. The molecule has 0 fully saturated rings. The number of carbonyl (C=O) groups is 1. The molecule has 0 atom stereocenters. The van der Waals surface area contributed by atoms with E-state index in [0.717, 1.165) is 15.1 Å². The summed E-state index contributed by atoms with van der Waals surface area (Å²) in [6.45, 7) is 0. The van der Waals surface area contributed by atoms with Crippen LogP contribution in [0.2, 0.25) is 0 Å². The molecule has 130 valence electrons. The number of aromatic nitrogens is 3. The third kappa shape index (κ3) is 2.53. The van der Waals surface area contributed by atoms with E-state index in [4.69, 9.17) is 0 Å². The van der Waals surface area contributed by atoms with Crippen molar-refractivity contribution in [2.75, 3.05) is 0 Å². The minimum atomic E-state index is -3.89. The van der Waals surface area contributed by atoms with Crippen molar-refractivity contribution in [3.63, 3.8) is 0 Å². The molecule has 2 aromatic carbocycles. The highest BCUT2D eigenvalue weighted by Gasteiger charge is 2.23. The van der Waals surface area contributed by atoms with Crippen LogP contribution in [0.3, 0.4) is 0 Å². The molecule has 4 aromatic rings. The highest BCUT2D eigenvalue weighted by molar-refractivity contribution is 7.90. The van der Waals surface area contributed by atoms with Gasteiger partial charge in [0.05, 0.1) is 22.3 Å². The first-order valence-electron chi connectivity index (χ1n) is 7.91. The zero-order chi connectivity index (χ0) is 18.3. The number of fused-ring (bicyclic) bond motifs is 1. The number of hydrogen-bond donors (Lipinski definition) is 0. The Hall–Kier alpha value is -3.19. The minimum Gasteiger partial charge on any atom is -0.296 e. The van der Waals surface area contributed by atoms with Crippen molar-refractivity contribution in [3.05, 3.63) is 72.7 Å². The number of carbonyl (C=O) groups excluding carboxylic acids is 1. The normalized spacial score (nSPS) is 11.7. The highest BCUT2D eigenvalue weighted by atomic mass is 32.2. The van der Waals surface area contributed by atoms with Crippen molar-refractivity contribution >= 4 is 27.2 Å². The summed E-state index contributed by atoms with van der Waals surface area (Å²) in [5, 5.41) is 4.83. The fourth-order valence-electron chi connectivity index (χ4n) is 3.00. The maximum atomic E-state index is 13.1. The molecule has 0 aliphatic heterocycles. The summed E-state index contributed by atoms with van der Waals surface area (Å²) in [6, 6.07) is 15.1. The second-order valence-corrected chi connectivity index (χ2v) is 7.73. The summed E-state index contributed by atoms with van der Waals surface area (Å²) in [5.41, 5.74) is 2.24. The number of rotatable bonds is 4. The zero-order valence-corrected chi connectivity index (χ0v) is 14.7. The van der Waals surface area contributed by atoms with Crippen LogP contribution in [0.25, 0.3) is 22.0 Å². The van der Waals surface area contributed by atoms with E-state index in [1.165, 1.54) is 12.1 Å². The summed E-state index contributed by atoms with van der Waals surface area (Å²) in [4.78, 5) is 11.7. The molecule has 4 rings (SSSR count). The van der Waals surface area contributed by atoms with Crippen molar-refractivity contribution in [3.8, 4) is 11.1 Å². The lowest BCUT2D eigenvalue weighted by Crippen LogP contribution is -2.15. The molecule has 7 heteroatoms. The molecule has 0 N–H and O–H groups in total. The Morgan fingerprint density at radius 1 is 1.00 bits per heavy atom. The van der Waals surface area contributed by atoms with Gasteiger partial charge < -0.3 is 0 Å². The summed E-state index contributed by atoms with van der Waals surface area (Å²) in [6.07, 6.45) is 4.12. The molecule has 0 unspecified atom stereocenters. The Kier molecular flexibility index (Phi) is 3.73. The molecule has 2 aromatic heterocycles. The summed E-state index contributed by atoms with van der Waals surface area (Å²) in [5.74, 6) is 0. The maximum Gasteiger partial charge on any atom is 0.268 e. The Labute approximate surface area is 150 Å². The van der Waals surface area contributed by atoms with Crippen molar-refractivity contribution < 1.29 is 13.2 Å². The first-order valence-corrected chi connectivity index (χ1v) is 9.35. The van der Waals surface area contributed by atoms with Gasteiger partial charge in [-0.15, -0.1) is 0 Å². The molecule has 0 spiro atoms. The molecular formula is C19H15N3O3S. The van der Waals surface area contributed by atoms with Gasteiger partial charge in [0.1, 0.15) is 0 Å². The third-order valence-corrected chi connectivity index (χ3v) is 5.98. The average molecular weight is 365 g/mol. The van der Waals surface area contributed by atoms with Crippen molar-refractivity contribution in [2.24, 2.45) is 7.05 Å². The Bertz CT molecular complexity index is 1220. The molecule has 26 heavy (non-hydrogen) atoms. The van der Waals surface area contributed by atoms with Crippen LogP contribution in [0.15, 0.2) is 71.9 Å². The van der Waals surface area contributed by atoms with Gasteiger partial charge in [0, 0.05) is 24.2 Å². The van der Waals surface area contributed by atoms with Gasteiger partial charge >= 0.3 is 0 Å². The number of hydrogen-bond acceptors (Lipinski definition) is 4. The molecule has 0 saturated heterocycles. The number of aryl methyl sites for hydroxylation is 1. The quantitative estimate of drug-likeness (QED) is 0.521. The topological polar surface area (TPSA) is 74.0 Å². The lowest BCUT2D eigenvalue weighted by atomic mass is 10.1. The first-order chi connectivity index (χ1) is 12.5. The second-order valence-electron chi connectivity index (χ2n) is 5.95. The van der Waals surface area contributed by atoms with Gasteiger partial charge in [-0.25, -0.2) is 12.4 Å². The number of aldehydes is 1. The second kappa shape index (κ2) is 5.96. The van der Waals surface area contributed by atoms with Gasteiger partial charge in [-0.3, -0.25) is 9.48 Å². The first kappa shape index (κ1) is 16.3. The molecule has 0 bridgehead atoms. The van der Waals surface area contributed by atoms with E-state index in [-0.39, 0.29) is 10.6 Å². The van der Waals surface area contributed by atoms with E-state index >= 15 is 0 Å². The van der Waals surface area contributed by atoms with Crippen molar-refractivity contribution in [1.82, 2.24) is 13.8 Å². The van der Waals surface area contributed by atoms with Gasteiger partial charge in [0.2, 0.25) is 0 Å². The van der Waals surface area contributed by atoms with Crippen LogP contribution in [-0.2, 0) is 17.1 Å². The predicted molar refractivity (Wildman–Crippen MR) is 98.6 cm³/mol. The smallest absolute Gasteiger partial charge is 0.268 e. The molecule has 6 nitrogen and oxygen atoms in total. The van der Waals surface area contributed by atoms with Crippen molar-refractivity contribution in [2.45, 2.75) is 4.90 Å². The van der Waals surface area contributed by atoms with E-state index in [0.29, 0.717) is 17.2 Å².